The number of carbonyl (C=O) groups is 1. The second-order valence-electron chi connectivity index (χ2n) is 4.55. The molecule has 0 aliphatic carbocycles. The lowest BCUT2D eigenvalue weighted by Gasteiger charge is -2.24. The third-order valence-corrected chi connectivity index (χ3v) is 3.18. The van der Waals surface area contributed by atoms with Crippen LogP contribution in [0.3, 0.4) is 0 Å². The van der Waals surface area contributed by atoms with Gasteiger partial charge in [-0.1, -0.05) is 30.3 Å². The standard InChI is InChI=1S/C14H20N2O2.ClH/c15-9-8-13(17)16-14(12-7-4-10-18-12)11-5-2-1-3-6-11;/h1-3,5-6,12,14H,4,7-10,15H2,(H,16,17);1H. The lowest BCUT2D eigenvalue weighted by Crippen LogP contribution is -2.36. The molecule has 2 unspecified atom stereocenters. The maximum absolute atomic E-state index is 11.7. The zero-order chi connectivity index (χ0) is 12.8. The summed E-state index contributed by atoms with van der Waals surface area (Å²) in [4.78, 5) is 11.7. The van der Waals surface area contributed by atoms with Crippen molar-refractivity contribution in [3.05, 3.63) is 35.9 Å². The van der Waals surface area contributed by atoms with Crippen molar-refractivity contribution >= 4 is 18.3 Å². The van der Waals surface area contributed by atoms with Gasteiger partial charge in [0.25, 0.3) is 0 Å². The van der Waals surface area contributed by atoms with Crippen molar-refractivity contribution in [2.45, 2.75) is 31.4 Å². The average molecular weight is 285 g/mol. The average Bonchev–Trinajstić information content (AvgIpc) is 2.91. The summed E-state index contributed by atoms with van der Waals surface area (Å²) >= 11 is 0. The zero-order valence-corrected chi connectivity index (χ0v) is 11.7. The van der Waals surface area contributed by atoms with E-state index in [1.807, 2.05) is 30.3 Å². The van der Waals surface area contributed by atoms with Crippen molar-refractivity contribution in [1.29, 1.82) is 0 Å². The number of nitrogens with two attached hydrogens (primary N) is 1. The summed E-state index contributed by atoms with van der Waals surface area (Å²) in [7, 11) is 0. The number of carbonyl (C=O) groups excluding carboxylic acids is 1. The number of nitrogens with one attached hydrogen (secondary N) is 1. The van der Waals surface area contributed by atoms with Crippen molar-refractivity contribution in [2.75, 3.05) is 13.2 Å². The number of amides is 1. The summed E-state index contributed by atoms with van der Waals surface area (Å²) in [6.07, 6.45) is 2.48. The first-order valence-electron chi connectivity index (χ1n) is 6.47. The van der Waals surface area contributed by atoms with Crippen molar-refractivity contribution in [3.63, 3.8) is 0 Å². The van der Waals surface area contributed by atoms with E-state index in [1.54, 1.807) is 0 Å². The van der Waals surface area contributed by atoms with Crippen LogP contribution in [-0.2, 0) is 9.53 Å². The maximum atomic E-state index is 11.7. The Balaban J connectivity index is 0.00000180. The van der Waals surface area contributed by atoms with E-state index < -0.39 is 0 Å². The highest BCUT2D eigenvalue weighted by Crippen LogP contribution is 2.26. The molecule has 2 rings (SSSR count). The molecule has 5 heteroatoms. The molecule has 4 nitrogen and oxygen atoms in total. The zero-order valence-electron chi connectivity index (χ0n) is 10.9. The highest BCUT2D eigenvalue weighted by molar-refractivity contribution is 5.85. The van der Waals surface area contributed by atoms with Crippen LogP contribution < -0.4 is 11.1 Å². The fourth-order valence-electron chi connectivity index (χ4n) is 2.29. The normalized spacial score (nSPS) is 19.5. The second kappa shape index (κ2) is 8.15. The van der Waals surface area contributed by atoms with E-state index in [9.17, 15) is 4.79 Å². The molecular formula is C14H21ClN2O2. The van der Waals surface area contributed by atoms with Crippen LogP contribution in [0.15, 0.2) is 30.3 Å². The third-order valence-electron chi connectivity index (χ3n) is 3.18. The van der Waals surface area contributed by atoms with Gasteiger partial charge >= 0.3 is 0 Å². The fraction of sp³-hybridized carbons (Fsp3) is 0.500. The quantitative estimate of drug-likeness (QED) is 0.866. The van der Waals surface area contributed by atoms with Crippen LogP contribution in [0, 0.1) is 0 Å². The molecule has 1 saturated heterocycles. The number of benzene rings is 1. The molecule has 0 spiro atoms. The van der Waals surface area contributed by atoms with Gasteiger partial charge in [-0.2, -0.15) is 0 Å². The minimum atomic E-state index is -0.0623. The Bertz CT molecular complexity index is 380. The Hall–Kier alpha value is -1.10. The predicted octanol–water partition coefficient (Wildman–Crippen LogP) is 1.79. The van der Waals surface area contributed by atoms with Crippen LogP contribution in [0.4, 0.5) is 0 Å². The van der Waals surface area contributed by atoms with Crippen molar-refractivity contribution in [2.24, 2.45) is 5.73 Å². The molecule has 0 saturated carbocycles. The molecule has 1 amide bonds. The highest BCUT2D eigenvalue weighted by atomic mass is 35.5. The lowest BCUT2D eigenvalue weighted by atomic mass is 9.99. The van der Waals surface area contributed by atoms with Gasteiger partial charge in [-0.3, -0.25) is 4.79 Å². The highest BCUT2D eigenvalue weighted by Gasteiger charge is 2.28. The minimum absolute atomic E-state index is 0. The third kappa shape index (κ3) is 4.49. The van der Waals surface area contributed by atoms with E-state index in [2.05, 4.69) is 5.32 Å². The molecular weight excluding hydrogens is 264 g/mol. The summed E-state index contributed by atoms with van der Waals surface area (Å²) in [6, 6.07) is 9.91. The number of rotatable bonds is 5. The molecule has 2 atom stereocenters. The van der Waals surface area contributed by atoms with Crippen molar-refractivity contribution in [1.82, 2.24) is 5.32 Å². The molecule has 1 aliphatic rings. The monoisotopic (exact) mass is 284 g/mol. The Morgan fingerprint density at radius 2 is 2.16 bits per heavy atom. The topological polar surface area (TPSA) is 64.4 Å². The van der Waals surface area contributed by atoms with E-state index in [-0.39, 0.29) is 30.5 Å². The largest absolute Gasteiger partial charge is 0.376 e. The molecule has 1 aliphatic heterocycles. The van der Waals surface area contributed by atoms with Gasteiger partial charge in [0.2, 0.25) is 5.91 Å². The summed E-state index contributed by atoms with van der Waals surface area (Å²) in [5.74, 6) is -0.0122. The number of hydrogen-bond donors (Lipinski definition) is 2. The predicted molar refractivity (Wildman–Crippen MR) is 77.2 cm³/mol. The number of hydrogen-bond acceptors (Lipinski definition) is 3. The molecule has 19 heavy (non-hydrogen) atoms. The SMILES string of the molecule is Cl.NCCC(=O)NC(c1ccccc1)C1CCCO1. The molecule has 1 aromatic carbocycles. The van der Waals surface area contributed by atoms with Crippen LogP contribution in [0.1, 0.15) is 30.9 Å². The molecule has 1 aromatic rings. The van der Waals surface area contributed by atoms with E-state index >= 15 is 0 Å². The molecule has 106 valence electrons. The number of halogens is 1. The summed E-state index contributed by atoms with van der Waals surface area (Å²) in [5.41, 5.74) is 6.50. The molecule has 3 N–H and O–H groups in total. The Morgan fingerprint density at radius 1 is 1.42 bits per heavy atom. The Labute approximate surface area is 120 Å². The van der Waals surface area contributed by atoms with Crippen molar-refractivity contribution in [3.8, 4) is 0 Å². The van der Waals surface area contributed by atoms with Gasteiger partial charge in [-0.05, 0) is 18.4 Å². The van der Waals surface area contributed by atoms with Crippen LogP contribution >= 0.6 is 12.4 Å². The van der Waals surface area contributed by atoms with Gasteiger partial charge in [0.15, 0.2) is 0 Å². The maximum Gasteiger partial charge on any atom is 0.221 e. The van der Waals surface area contributed by atoms with Crippen LogP contribution in [0.2, 0.25) is 0 Å². The fourth-order valence-corrected chi connectivity index (χ4v) is 2.29. The van der Waals surface area contributed by atoms with Crippen LogP contribution in [0.5, 0.6) is 0 Å². The first-order chi connectivity index (χ1) is 8.81. The lowest BCUT2D eigenvalue weighted by molar-refractivity contribution is -0.122. The van der Waals surface area contributed by atoms with Gasteiger partial charge in [-0.15, -0.1) is 12.4 Å². The van der Waals surface area contributed by atoms with Gasteiger partial charge in [0, 0.05) is 19.6 Å². The first kappa shape index (κ1) is 16.0. The summed E-state index contributed by atoms with van der Waals surface area (Å²) in [6.45, 7) is 1.15. The molecule has 0 bridgehead atoms. The van der Waals surface area contributed by atoms with E-state index in [1.165, 1.54) is 0 Å². The first-order valence-corrected chi connectivity index (χ1v) is 6.47. The molecule has 0 radical (unpaired) electrons. The molecule has 1 heterocycles. The van der Waals surface area contributed by atoms with Gasteiger partial charge < -0.3 is 15.8 Å². The van der Waals surface area contributed by atoms with Crippen molar-refractivity contribution < 1.29 is 9.53 Å². The minimum Gasteiger partial charge on any atom is -0.376 e. The van der Waals surface area contributed by atoms with Gasteiger partial charge in [-0.25, -0.2) is 0 Å². The smallest absolute Gasteiger partial charge is 0.221 e. The second-order valence-corrected chi connectivity index (χ2v) is 4.55. The van der Waals surface area contributed by atoms with Crippen LogP contribution in [-0.4, -0.2) is 25.2 Å². The Morgan fingerprint density at radius 3 is 2.74 bits per heavy atom. The van der Waals surface area contributed by atoms with E-state index in [0.717, 1.165) is 25.0 Å². The van der Waals surface area contributed by atoms with Crippen LogP contribution in [0.25, 0.3) is 0 Å². The molecule has 0 aromatic heterocycles. The molecule has 1 fully saturated rings. The van der Waals surface area contributed by atoms with E-state index in [0.29, 0.717) is 13.0 Å². The van der Waals surface area contributed by atoms with E-state index in [4.69, 9.17) is 10.5 Å². The summed E-state index contributed by atoms with van der Waals surface area (Å²) in [5, 5.41) is 3.03. The van der Waals surface area contributed by atoms with Gasteiger partial charge in [0.1, 0.15) is 0 Å². The van der Waals surface area contributed by atoms with Gasteiger partial charge in [0.05, 0.1) is 12.1 Å². The summed E-state index contributed by atoms with van der Waals surface area (Å²) < 4.78 is 5.70. The number of ether oxygens (including phenoxy) is 1. The Kier molecular flexibility index (Phi) is 6.84.